The van der Waals surface area contributed by atoms with Gasteiger partial charge in [0.25, 0.3) is 5.91 Å². The average Bonchev–Trinajstić information content (AvgIpc) is 2.44. The van der Waals surface area contributed by atoms with Gasteiger partial charge in [-0.1, -0.05) is 29.3 Å². The molecule has 1 aromatic rings. The minimum absolute atomic E-state index is 0.174. The Bertz CT molecular complexity index is 536. The molecule has 1 rings (SSSR count). The molecule has 0 spiro atoms. The quantitative estimate of drug-likeness (QED) is 0.769. The van der Waals surface area contributed by atoms with Gasteiger partial charge in [-0.15, -0.1) is 0 Å². The fraction of sp³-hybridized carbons (Fsp3) is 0.467. The number of halogens is 2. The third-order valence-corrected chi connectivity index (χ3v) is 3.45. The van der Waals surface area contributed by atoms with Crippen molar-refractivity contribution in [2.24, 2.45) is 0 Å². The van der Waals surface area contributed by atoms with Crippen molar-refractivity contribution in [2.45, 2.75) is 32.9 Å². The average molecular weight is 348 g/mol. The predicted molar refractivity (Wildman–Crippen MR) is 85.1 cm³/mol. The number of amides is 1. The molecule has 1 N–H and O–H groups in total. The second-order valence-corrected chi connectivity index (χ2v) is 5.51. The van der Waals surface area contributed by atoms with Crippen molar-refractivity contribution < 1.29 is 19.1 Å². The van der Waals surface area contributed by atoms with E-state index in [-0.39, 0.29) is 12.6 Å². The molecule has 0 fully saturated rings. The number of ether oxygens (including phenoxy) is 2. The Morgan fingerprint density at radius 2 is 1.95 bits per heavy atom. The van der Waals surface area contributed by atoms with Crippen LogP contribution in [0, 0.1) is 0 Å². The van der Waals surface area contributed by atoms with E-state index in [9.17, 15) is 9.59 Å². The van der Waals surface area contributed by atoms with E-state index >= 15 is 0 Å². The van der Waals surface area contributed by atoms with Crippen molar-refractivity contribution in [3.05, 3.63) is 33.8 Å². The summed E-state index contributed by atoms with van der Waals surface area (Å²) >= 11 is 11.9. The van der Waals surface area contributed by atoms with Crippen molar-refractivity contribution >= 4 is 35.1 Å². The van der Waals surface area contributed by atoms with E-state index in [0.29, 0.717) is 16.7 Å². The highest BCUT2D eigenvalue weighted by Gasteiger charge is 2.21. The van der Waals surface area contributed by atoms with Crippen LogP contribution in [-0.2, 0) is 19.1 Å². The molecule has 7 heteroatoms. The molecule has 0 saturated carbocycles. The summed E-state index contributed by atoms with van der Waals surface area (Å²) in [6, 6.07) is 4.69. The molecule has 0 bridgehead atoms. The van der Waals surface area contributed by atoms with Gasteiger partial charge < -0.3 is 14.8 Å². The van der Waals surface area contributed by atoms with Crippen LogP contribution in [0.1, 0.15) is 32.4 Å². The van der Waals surface area contributed by atoms with Crippen LogP contribution < -0.4 is 5.32 Å². The van der Waals surface area contributed by atoms with Gasteiger partial charge in [0.15, 0.2) is 6.10 Å². The third kappa shape index (κ3) is 5.83. The van der Waals surface area contributed by atoms with Crippen molar-refractivity contribution in [1.82, 2.24) is 5.32 Å². The number of benzene rings is 1. The summed E-state index contributed by atoms with van der Waals surface area (Å²) in [6.45, 7) is 5.27. The van der Waals surface area contributed by atoms with E-state index in [4.69, 9.17) is 32.7 Å². The topological polar surface area (TPSA) is 64.6 Å². The highest BCUT2D eigenvalue weighted by Crippen LogP contribution is 2.26. The lowest BCUT2D eigenvalue weighted by molar-refractivity contribution is -0.159. The number of carbonyl (C=O) groups excluding carboxylic acids is 2. The molecule has 5 nitrogen and oxygen atoms in total. The minimum atomic E-state index is -0.915. The normalized spacial score (nSPS) is 13.3. The van der Waals surface area contributed by atoms with Gasteiger partial charge in [-0.05, 0) is 38.5 Å². The lowest BCUT2D eigenvalue weighted by Crippen LogP contribution is -2.38. The van der Waals surface area contributed by atoms with Crippen LogP contribution in [0.2, 0.25) is 10.0 Å². The maximum absolute atomic E-state index is 12.0. The Morgan fingerprint density at radius 3 is 2.55 bits per heavy atom. The molecule has 0 radical (unpaired) electrons. The van der Waals surface area contributed by atoms with Crippen molar-refractivity contribution in [3.8, 4) is 0 Å². The zero-order valence-corrected chi connectivity index (χ0v) is 14.2. The summed E-state index contributed by atoms with van der Waals surface area (Å²) in [4.78, 5) is 23.4. The van der Waals surface area contributed by atoms with Gasteiger partial charge in [-0.25, -0.2) is 4.79 Å². The first kappa shape index (κ1) is 18.7. The summed E-state index contributed by atoms with van der Waals surface area (Å²) in [6.07, 6.45) is -0.915. The standard InChI is InChI=1S/C15H19Cl2NO4/c1-4-21-8-14(19)22-10(3)15(20)18-9(2)12-6-5-11(16)7-13(12)17/h5-7,9-10H,4,8H2,1-3H3,(H,18,20)/t9-,10+/m0/s1. The molecule has 0 heterocycles. The first-order valence-electron chi connectivity index (χ1n) is 6.87. The number of rotatable bonds is 7. The fourth-order valence-corrected chi connectivity index (χ4v) is 2.30. The second-order valence-electron chi connectivity index (χ2n) is 4.67. The van der Waals surface area contributed by atoms with E-state index in [1.165, 1.54) is 6.92 Å². The maximum atomic E-state index is 12.0. The lowest BCUT2D eigenvalue weighted by atomic mass is 10.1. The molecule has 0 aliphatic rings. The van der Waals surface area contributed by atoms with Crippen molar-refractivity contribution in [1.29, 1.82) is 0 Å². The van der Waals surface area contributed by atoms with E-state index in [1.54, 1.807) is 32.0 Å². The summed E-state index contributed by atoms with van der Waals surface area (Å²) in [5.74, 6) is -0.995. The molecule has 0 aromatic heterocycles. The molecular weight excluding hydrogens is 329 g/mol. The van der Waals surface area contributed by atoms with Crippen molar-refractivity contribution in [2.75, 3.05) is 13.2 Å². The minimum Gasteiger partial charge on any atom is -0.451 e. The fourth-order valence-electron chi connectivity index (χ4n) is 1.73. The molecule has 22 heavy (non-hydrogen) atoms. The monoisotopic (exact) mass is 347 g/mol. The van der Waals surface area contributed by atoms with Crippen LogP contribution in [-0.4, -0.2) is 31.2 Å². The molecule has 0 saturated heterocycles. The first-order chi connectivity index (χ1) is 10.3. The number of hydrogen-bond donors (Lipinski definition) is 1. The van der Waals surface area contributed by atoms with E-state index in [1.807, 2.05) is 0 Å². The van der Waals surface area contributed by atoms with Gasteiger partial charge in [0.2, 0.25) is 0 Å². The number of carbonyl (C=O) groups is 2. The molecule has 0 unspecified atom stereocenters. The van der Waals surface area contributed by atoms with Crippen LogP contribution in [0.5, 0.6) is 0 Å². The third-order valence-electron chi connectivity index (χ3n) is 2.89. The zero-order chi connectivity index (χ0) is 16.7. The van der Waals surface area contributed by atoms with Gasteiger partial charge in [0, 0.05) is 16.7 Å². The first-order valence-corrected chi connectivity index (χ1v) is 7.63. The molecule has 0 aliphatic heterocycles. The van der Waals surface area contributed by atoms with Crippen molar-refractivity contribution in [3.63, 3.8) is 0 Å². The highest BCUT2D eigenvalue weighted by atomic mass is 35.5. The molecule has 2 atom stereocenters. The number of nitrogens with one attached hydrogen (secondary N) is 1. The zero-order valence-electron chi connectivity index (χ0n) is 12.7. The second kappa shape index (κ2) is 8.98. The smallest absolute Gasteiger partial charge is 0.332 e. The Morgan fingerprint density at radius 1 is 1.27 bits per heavy atom. The van der Waals surface area contributed by atoms with E-state index in [2.05, 4.69) is 5.32 Å². The van der Waals surface area contributed by atoms with E-state index in [0.717, 1.165) is 5.56 Å². The maximum Gasteiger partial charge on any atom is 0.332 e. The summed E-state index contributed by atoms with van der Waals surface area (Å²) in [7, 11) is 0. The van der Waals surface area contributed by atoms with Gasteiger partial charge >= 0.3 is 5.97 Å². The van der Waals surface area contributed by atoms with Crippen LogP contribution in [0.25, 0.3) is 0 Å². The lowest BCUT2D eigenvalue weighted by Gasteiger charge is -2.19. The van der Waals surface area contributed by atoms with E-state index < -0.39 is 18.0 Å². The Labute approximate surface area is 139 Å². The Balaban J connectivity index is 2.57. The number of esters is 1. The van der Waals surface area contributed by atoms with Crippen LogP contribution in [0.4, 0.5) is 0 Å². The van der Waals surface area contributed by atoms with Gasteiger partial charge in [-0.3, -0.25) is 4.79 Å². The summed E-state index contributed by atoms with van der Waals surface area (Å²) < 4.78 is 9.89. The Hall–Kier alpha value is -1.30. The molecule has 122 valence electrons. The van der Waals surface area contributed by atoms with Gasteiger partial charge in [0.05, 0.1) is 6.04 Å². The summed E-state index contributed by atoms with van der Waals surface area (Å²) in [5, 5.41) is 3.71. The molecule has 1 amide bonds. The Kier molecular flexibility index (Phi) is 7.65. The highest BCUT2D eigenvalue weighted by molar-refractivity contribution is 6.35. The summed E-state index contributed by atoms with van der Waals surface area (Å²) in [5.41, 5.74) is 0.729. The largest absolute Gasteiger partial charge is 0.451 e. The van der Waals surface area contributed by atoms with Gasteiger partial charge in [-0.2, -0.15) is 0 Å². The number of hydrogen-bond acceptors (Lipinski definition) is 4. The molecular formula is C15H19Cl2NO4. The van der Waals surface area contributed by atoms with Crippen LogP contribution in [0.3, 0.4) is 0 Å². The van der Waals surface area contributed by atoms with Gasteiger partial charge in [0.1, 0.15) is 6.61 Å². The predicted octanol–water partition coefficient (Wildman–Crippen LogP) is 3.14. The molecule has 1 aromatic carbocycles. The van der Waals surface area contributed by atoms with Crippen LogP contribution in [0.15, 0.2) is 18.2 Å². The molecule has 0 aliphatic carbocycles. The van der Waals surface area contributed by atoms with Crippen LogP contribution >= 0.6 is 23.2 Å². The SMILES string of the molecule is CCOCC(=O)O[C@H](C)C(=O)N[C@@H](C)c1ccc(Cl)cc1Cl.